The lowest BCUT2D eigenvalue weighted by Gasteiger charge is -2.60. The van der Waals surface area contributed by atoms with E-state index in [4.69, 9.17) is 21.1 Å². The van der Waals surface area contributed by atoms with Crippen molar-refractivity contribution >= 4 is 35.2 Å². The van der Waals surface area contributed by atoms with Gasteiger partial charge in [-0.05, 0) is 80.2 Å². The van der Waals surface area contributed by atoms with Crippen LogP contribution >= 0.6 is 11.6 Å². The van der Waals surface area contributed by atoms with Gasteiger partial charge in [-0.1, -0.05) is 50.6 Å². The number of carbonyl (C=O) groups is 3. The summed E-state index contributed by atoms with van der Waals surface area (Å²) in [5.41, 5.74) is 1.75. The van der Waals surface area contributed by atoms with E-state index in [9.17, 15) is 14.4 Å². The maximum absolute atomic E-state index is 14.0. The molecule has 10 atom stereocenters. The van der Waals surface area contributed by atoms with Crippen molar-refractivity contribution in [3.05, 3.63) is 42.0 Å². The van der Waals surface area contributed by atoms with Crippen LogP contribution in [0.2, 0.25) is 0 Å². The molecular weight excluding hydrogens is 552 g/mol. The molecule has 3 aliphatic carbocycles. The molecule has 0 aromatic heterocycles. The van der Waals surface area contributed by atoms with Crippen LogP contribution in [0.5, 0.6) is 0 Å². The number of nitrogens with zero attached hydrogens (tertiary/aromatic N) is 2. The summed E-state index contributed by atoms with van der Waals surface area (Å²) in [6.45, 7) is 7.61. The third-order valence-electron chi connectivity index (χ3n) is 12.6. The van der Waals surface area contributed by atoms with Crippen molar-refractivity contribution in [1.29, 1.82) is 0 Å². The number of carbonyl (C=O) groups excluding carboxylic acids is 3. The number of esters is 1. The molecule has 1 aromatic carbocycles. The number of fused-ring (bicyclic) bond motifs is 2. The minimum Gasteiger partial charge on any atom is -0.461 e. The third kappa shape index (κ3) is 4.20. The highest BCUT2D eigenvalue weighted by molar-refractivity contribution is 6.26. The van der Waals surface area contributed by atoms with E-state index in [1.165, 1.54) is 10.5 Å². The van der Waals surface area contributed by atoms with Gasteiger partial charge >= 0.3 is 12.0 Å². The molecule has 0 radical (unpaired) electrons. The van der Waals surface area contributed by atoms with Gasteiger partial charge < -0.3 is 14.4 Å². The van der Waals surface area contributed by atoms with Crippen LogP contribution in [0.15, 0.2) is 42.0 Å². The van der Waals surface area contributed by atoms with E-state index >= 15 is 0 Å². The van der Waals surface area contributed by atoms with Gasteiger partial charge in [-0.15, -0.1) is 11.6 Å². The molecule has 226 valence electrons. The van der Waals surface area contributed by atoms with Gasteiger partial charge in [0.1, 0.15) is 12.0 Å². The Hall–Kier alpha value is -2.38. The number of rotatable bonds is 4. The Balaban J connectivity index is 1.26. The number of benzene rings is 1. The molecule has 7 nitrogen and oxygen atoms in total. The highest BCUT2D eigenvalue weighted by atomic mass is 35.5. The number of alkyl halides is 1. The molecule has 2 bridgehead atoms. The van der Waals surface area contributed by atoms with Crippen molar-refractivity contribution in [2.75, 3.05) is 17.3 Å². The highest BCUT2D eigenvalue weighted by Crippen LogP contribution is 2.71. The van der Waals surface area contributed by atoms with Crippen molar-refractivity contribution in [3.63, 3.8) is 0 Å². The summed E-state index contributed by atoms with van der Waals surface area (Å²) in [6, 6.07) is 8.92. The topological polar surface area (TPSA) is 79.5 Å². The van der Waals surface area contributed by atoms with Crippen molar-refractivity contribution in [3.8, 4) is 0 Å². The van der Waals surface area contributed by atoms with Crippen LogP contribution in [0.25, 0.3) is 0 Å². The minimum absolute atomic E-state index is 0.0935. The zero-order chi connectivity index (χ0) is 29.4. The number of hydrogen-bond acceptors (Lipinski definition) is 5. The molecule has 6 aliphatic rings. The molecule has 1 aromatic rings. The second-order valence-electron chi connectivity index (χ2n) is 14.1. The Kier molecular flexibility index (Phi) is 7.01. The average molecular weight is 595 g/mol. The maximum Gasteiger partial charge on any atom is 0.331 e. The van der Waals surface area contributed by atoms with Gasteiger partial charge in [0.2, 0.25) is 5.91 Å². The van der Waals surface area contributed by atoms with Gasteiger partial charge in [-0.2, -0.15) is 0 Å². The molecule has 6 unspecified atom stereocenters. The fourth-order valence-electron chi connectivity index (χ4n) is 10.2. The standard InChI is InChI=1S/C34H43ClN2O5/c1-20-12-14-34-15-13-26-30(41-26)31(34)33(20,3)27(42-29(39)18-35)17-25(21(34)2)22-8-7-11-24-16-28(38)37(32(40)36(24)19-22)23-9-5-4-6-10-23/h4-6,8-10,20-21,24-27,30-31H,7,11-19H2,1-3H3/t20?,21-,24?,25+,26?,27?,30?,31?,33-,34-/m0/s1. The summed E-state index contributed by atoms with van der Waals surface area (Å²) in [6.07, 6.45) is 9.76. The zero-order valence-corrected chi connectivity index (χ0v) is 25.7. The number of imide groups is 1. The van der Waals surface area contributed by atoms with Gasteiger partial charge in [0.25, 0.3) is 0 Å². The van der Waals surface area contributed by atoms with Crippen LogP contribution in [0.3, 0.4) is 0 Å². The van der Waals surface area contributed by atoms with Gasteiger partial charge in [-0.3, -0.25) is 9.59 Å². The number of anilines is 1. The predicted octanol–water partition coefficient (Wildman–Crippen LogP) is 6.34. The van der Waals surface area contributed by atoms with Crippen molar-refractivity contribution < 1.29 is 23.9 Å². The Morgan fingerprint density at radius 2 is 1.88 bits per heavy atom. The lowest BCUT2D eigenvalue weighted by Crippen LogP contribution is -2.59. The van der Waals surface area contributed by atoms with Gasteiger partial charge in [0.05, 0.1) is 17.9 Å². The molecular formula is C34H43ClN2O5. The second-order valence-corrected chi connectivity index (χ2v) is 14.4. The first kappa shape index (κ1) is 28.4. The first-order valence-electron chi connectivity index (χ1n) is 16.0. The summed E-state index contributed by atoms with van der Waals surface area (Å²) in [5, 5.41) is 0. The normalized spacial score (nSPS) is 42.8. The zero-order valence-electron chi connectivity index (χ0n) is 25.0. The summed E-state index contributed by atoms with van der Waals surface area (Å²) in [5.74, 6) is 0.551. The molecule has 3 heterocycles. The number of ether oxygens (including phenoxy) is 2. The molecule has 5 fully saturated rings. The fourth-order valence-corrected chi connectivity index (χ4v) is 10.2. The number of para-hydroxylation sites is 1. The average Bonchev–Trinajstić information content (AvgIpc) is 3.80. The van der Waals surface area contributed by atoms with Crippen molar-refractivity contribution in [1.82, 2.24) is 4.90 Å². The number of hydrogen-bond donors (Lipinski definition) is 0. The van der Waals surface area contributed by atoms with Crippen molar-refractivity contribution in [2.45, 2.75) is 96.5 Å². The smallest absolute Gasteiger partial charge is 0.331 e. The minimum atomic E-state index is -0.359. The van der Waals surface area contributed by atoms with E-state index in [-0.39, 0.29) is 58.8 Å². The molecule has 0 N–H and O–H groups in total. The van der Waals surface area contributed by atoms with E-state index in [0.29, 0.717) is 42.5 Å². The molecule has 0 spiro atoms. The predicted molar refractivity (Wildman–Crippen MR) is 160 cm³/mol. The molecule has 3 amide bonds. The first-order chi connectivity index (χ1) is 20.2. The SMILES string of the molecule is CC1CC[C@@]23CCC4OC4C2[C@]1(C)C(OC(=O)CCl)C[C@@H](C1=CCCC2CC(=O)N(c4ccccc4)C(=O)N2C1)[C@@H]3C. The van der Waals surface area contributed by atoms with E-state index in [1.807, 2.05) is 35.2 Å². The Morgan fingerprint density at radius 3 is 2.64 bits per heavy atom. The molecule has 7 rings (SSSR count). The molecule has 42 heavy (non-hydrogen) atoms. The molecule has 3 aliphatic heterocycles. The summed E-state index contributed by atoms with van der Waals surface area (Å²) in [7, 11) is 0. The van der Waals surface area contributed by atoms with E-state index in [1.54, 1.807) is 0 Å². The molecule has 2 saturated heterocycles. The fraction of sp³-hybridized carbons (Fsp3) is 0.676. The Labute approximate surface area is 253 Å². The third-order valence-corrected chi connectivity index (χ3v) is 12.8. The lowest BCUT2D eigenvalue weighted by molar-refractivity contribution is -0.177. The van der Waals surface area contributed by atoms with Crippen LogP contribution in [0, 0.1) is 34.5 Å². The quantitative estimate of drug-likeness (QED) is 0.176. The summed E-state index contributed by atoms with van der Waals surface area (Å²) < 4.78 is 12.7. The van der Waals surface area contributed by atoms with E-state index in [0.717, 1.165) is 44.9 Å². The number of allylic oxidation sites excluding steroid dienone is 1. The molecule has 3 saturated carbocycles. The number of urea groups is 1. The van der Waals surface area contributed by atoms with Crippen molar-refractivity contribution in [2.24, 2.45) is 34.5 Å². The van der Waals surface area contributed by atoms with Crippen LogP contribution < -0.4 is 4.90 Å². The van der Waals surface area contributed by atoms with Crippen LogP contribution in [-0.2, 0) is 19.1 Å². The number of halogens is 1. The van der Waals surface area contributed by atoms with E-state index < -0.39 is 0 Å². The highest BCUT2D eigenvalue weighted by Gasteiger charge is 2.71. The monoisotopic (exact) mass is 594 g/mol. The van der Waals surface area contributed by atoms with Gasteiger partial charge in [-0.25, -0.2) is 9.69 Å². The summed E-state index contributed by atoms with van der Waals surface area (Å²) >= 11 is 6.02. The van der Waals surface area contributed by atoms with Gasteiger partial charge in [0.15, 0.2) is 0 Å². The Bertz CT molecular complexity index is 1300. The van der Waals surface area contributed by atoms with Crippen LogP contribution in [0.4, 0.5) is 10.5 Å². The molecule has 8 heteroatoms. The summed E-state index contributed by atoms with van der Waals surface area (Å²) in [4.78, 5) is 43.3. The van der Waals surface area contributed by atoms with E-state index in [2.05, 4.69) is 26.8 Å². The maximum atomic E-state index is 14.0. The second kappa shape index (κ2) is 10.4. The van der Waals surface area contributed by atoms with Crippen LogP contribution in [-0.4, -0.2) is 59.6 Å². The van der Waals surface area contributed by atoms with Crippen LogP contribution in [0.1, 0.15) is 72.1 Å². The lowest BCUT2D eigenvalue weighted by atomic mass is 9.44. The first-order valence-corrected chi connectivity index (χ1v) is 16.5. The largest absolute Gasteiger partial charge is 0.461 e. The Morgan fingerprint density at radius 1 is 1.12 bits per heavy atom. The number of epoxide rings is 1. The number of amides is 3. The van der Waals surface area contributed by atoms with Gasteiger partial charge in [0, 0.05) is 30.3 Å².